The normalized spacial score (nSPS) is 26.6. The lowest BCUT2D eigenvalue weighted by Gasteiger charge is -2.56. The molecular weight excluding hydrogens is 500 g/mol. The number of fused-ring (bicyclic) bond motifs is 1. The van der Waals surface area contributed by atoms with E-state index in [1.54, 1.807) is 6.07 Å². The van der Waals surface area contributed by atoms with Gasteiger partial charge in [-0.25, -0.2) is 0 Å². The summed E-state index contributed by atoms with van der Waals surface area (Å²) in [7, 11) is 1.93. The molecule has 0 radical (unpaired) electrons. The number of phenols is 1. The Hall–Kier alpha value is -2.86. The molecule has 3 fully saturated rings. The minimum absolute atomic E-state index is 0.0188. The van der Waals surface area contributed by atoms with Crippen LogP contribution in [0.15, 0.2) is 54.6 Å². The van der Waals surface area contributed by atoms with E-state index in [0.717, 1.165) is 69.6 Å². The van der Waals surface area contributed by atoms with Crippen molar-refractivity contribution in [2.24, 2.45) is 11.8 Å². The molecule has 1 amide bonds. The molecule has 4 unspecified atom stereocenters. The molecule has 2 aromatic carbocycles. The minimum atomic E-state index is -0.262. The van der Waals surface area contributed by atoms with Gasteiger partial charge in [0.25, 0.3) is 0 Å². The molecule has 0 aromatic heterocycles. The van der Waals surface area contributed by atoms with E-state index in [-0.39, 0.29) is 41.1 Å². The van der Waals surface area contributed by atoms with E-state index in [4.69, 9.17) is 4.74 Å². The average molecular weight is 547 g/mol. The Kier molecular flexibility index (Phi) is 9.14. The van der Waals surface area contributed by atoms with Crippen LogP contribution in [0.2, 0.25) is 0 Å². The van der Waals surface area contributed by atoms with Crippen LogP contribution in [-0.2, 0) is 26.2 Å². The van der Waals surface area contributed by atoms with Gasteiger partial charge >= 0.3 is 5.97 Å². The standard InChI is InChI=1S/C34H46N2O4/c1-25(37)40-32-21-29(35(2)33(39)15-8-4-7-12-26-10-5-3-6-11-26)22-34(28-13-9-14-30(38)20-28)18-19-36(24-31(32)34)23-27-16-17-27/h3,5-6,9-11,13-14,20,27,29,31-32,38H,4,7-8,12,15-19,21-24H2,1-2H3. The predicted octanol–water partition coefficient (Wildman–Crippen LogP) is 5.72. The van der Waals surface area contributed by atoms with Gasteiger partial charge in [0.15, 0.2) is 0 Å². The lowest BCUT2D eigenvalue weighted by atomic mass is 9.56. The van der Waals surface area contributed by atoms with Crippen LogP contribution in [0.1, 0.15) is 75.8 Å². The van der Waals surface area contributed by atoms with Gasteiger partial charge < -0.3 is 19.6 Å². The second-order valence-electron chi connectivity index (χ2n) is 12.6. The van der Waals surface area contributed by atoms with Crippen molar-refractivity contribution >= 4 is 11.9 Å². The van der Waals surface area contributed by atoms with Gasteiger partial charge in [0.05, 0.1) is 0 Å². The molecule has 6 heteroatoms. The lowest BCUT2D eigenvalue weighted by molar-refractivity contribution is -0.160. The lowest BCUT2D eigenvalue weighted by Crippen LogP contribution is -2.61. The molecule has 1 heterocycles. The fourth-order valence-corrected chi connectivity index (χ4v) is 7.32. The van der Waals surface area contributed by atoms with E-state index < -0.39 is 0 Å². The molecule has 1 N–H and O–H groups in total. The van der Waals surface area contributed by atoms with Gasteiger partial charge in [0, 0.05) is 57.3 Å². The number of hydrogen-bond donors (Lipinski definition) is 1. The third-order valence-electron chi connectivity index (χ3n) is 9.68. The summed E-state index contributed by atoms with van der Waals surface area (Å²) in [6.07, 6.45) is 9.37. The third-order valence-corrected chi connectivity index (χ3v) is 9.68. The highest BCUT2D eigenvalue weighted by atomic mass is 16.5. The van der Waals surface area contributed by atoms with E-state index in [0.29, 0.717) is 12.8 Å². The number of hydrogen-bond acceptors (Lipinski definition) is 5. The number of likely N-dealkylation sites (tertiary alicyclic amines) is 1. The molecule has 4 atom stereocenters. The van der Waals surface area contributed by atoms with Crippen LogP contribution in [0.25, 0.3) is 0 Å². The van der Waals surface area contributed by atoms with E-state index in [1.807, 2.05) is 30.1 Å². The maximum Gasteiger partial charge on any atom is 0.302 e. The molecule has 0 spiro atoms. The maximum atomic E-state index is 13.4. The van der Waals surface area contributed by atoms with Gasteiger partial charge in [-0.1, -0.05) is 48.9 Å². The van der Waals surface area contributed by atoms with Crippen molar-refractivity contribution in [2.75, 3.05) is 26.7 Å². The largest absolute Gasteiger partial charge is 0.508 e. The second-order valence-corrected chi connectivity index (χ2v) is 12.6. The summed E-state index contributed by atoms with van der Waals surface area (Å²) in [5.74, 6) is 1.10. The van der Waals surface area contributed by atoms with Gasteiger partial charge in [-0.3, -0.25) is 9.59 Å². The van der Waals surface area contributed by atoms with Crippen molar-refractivity contribution in [2.45, 2.75) is 88.7 Å². The number of benzene rings is 2. The smallest absolute Gasteiger partial charge is 0.302 e. The van der Waals surface area contributed by atoms with Gasteiger partial charge in [-0.2, -0.15) is 0 Å². The first kappa shape index (κ1) is 28.7. The fourth-order valence-electron chi connectivity index (χ4n) is 7.32. The van der Waals surface area contributed by atoms with E-state index in [2.05, 4.69) is 35.2 Å². The van der Waals surface area contributed by atoms with Crippen molar-refractivity contribution in [3.8, 4) is 5.75 Å². The highest BCUT2D eigenvalue weighted by molar-refractivity contribution is 5.76. The molecule has 40 heavy (non-hydrogen) atoms. The highest BCUT2D eigenvalue weighted by Gasteiger charge is 2.54. The van der Waals surface area contributed by atoms with Crippen LogP contribution in [-0.4, -0.2) is 65.6 Å². The number of carbonyl (C=O) groups is 2. The van der Waals surface area contributed by atoms with Gasteiger partial charge in [-0.15, -0.1) is 0 Å². The zero-order chi connectivity index (χ0) is 28.1. The number of unbranched alkanes of at least 4 members (excludes halogenated alkanes) is 2. The Balaban J connectivity index is 1.29. The number of nitrogens with zero attached hydrogens (tertiary/aromatic N) is 2. The van der Waals surface area contributed by atoms with Gasteiger partial charge in [0.1, 0.15) is 11.9 Å². The molecule has 2 aromatic rings. The van der Waals surface area contributed by atoms with Gasteiger partial charge in [-0.05, 0) is 80.7 Å². The van der Waals surface area contributed by atoms with Crippen molar-refractivity contribution in [1.29, 1.82) is 0 Å². The van der Waals surface area contributed by atoms with Crippen molar-refractivity contribution in [1.82, 2.24) is 9.80 Å². The zero-order valence-electron chi connectivity index (χ0n) is 24.3. The molecule has 6 nitrogen and oxygen atoms in total. The van der Waals surface area contributed by atoms with Crippen LogP contribution in [0.4, 0.5) is 0 Å². The summed E-state index contributed by atoms with van der Waals surface area (Å²) in [5, 5.41) is 10.4. The Morgan fingerprint density at radius 3 is 2.60 bits per heavy atom. The minimum Gasteiger partial charge on any atom is -0.508 e. The van der Waals surface area contributed by atoms with Crippen LogP contribution in [0.5, 0.6) is 5.75 Å². The molecule has 2 aliphatic carbocycles. The first-order valence-electron chi connectivity index (χ1n) is 15.3. The monoisotopic (exact) mass is 546 g/mol. The molecule has 5 rings (SSSR count). The number of esters is 1. The van der Waals surface area contributed by atoms with Gasteiger partial charge in [0.2, 0.25) is 5.91 Å². The zero-order valence-corrected chi connectivity index (χ0v) is 24.3. The van der Waals surface area contributed by atoms with Crippen LogP contribution >= 0.6 is 0 Å². The Morgan fingerprint density at radius 1 is 1.07 bits per heavy atom. The number of piperidine rings is 1. The molecular formula is C34H46N2O4. The SMILES string of the molecule is CC(=O)OC1CC(N(C)C(=O)CCCCCc2ccccc2)CC2(c3cccc(O)c3)CCN(CC3CC3)CC12. The molecule has 1 aliphatic heterocycles. The second kappa shape index (κ2) is 12.8. The molecule has 3 aliphatic rings. The van der Waals surface area contributed by atoms with Crippen LogP contribution in [0.3, 0.4) is 0 Å². The molecule has 0 bridgehead atoms. The Labute approximate surface area is 239 Å². The number of carbonyl (C=O) groups excluding carboxylic acids is 2. The van der Waals surface area contributed by atoms with Crippen molar-refractivity contribution in [3.05, 3.63) is 65.7 Å². The molecule has 1 saturated heterocycles. The predicted molar refractivity (Wildman–Crippen MR) is 157 cm³/mol. The fraction of sp³-hybridized carbons (Fsp3) is 0.588. The Bertz CT molecular complexity index is 1150. The van der Waals surface area contributed by atoms with Crippen molar-refractivity contribution < 1.29 is 19.4 Å². The van der Waals surface area contributed by atoms with E-state index >= 15 is 0 Å². The molecule has 216 valence electrons. The number of rotatable bonds is 11. The summed E-state index contributed by atoms with van der Waals surface area (Å²) in [6.45, 7) is 4.48. The summed E-state index contributed by atoms with van der Waals surface area (Å²) in [4.78, 5) is 30.2. The van der Waals surface area contributed by atoms with Crippen LogP contribution in [0, 0.1) is 11.8 Å². The summed E-state index contributed by atoms with van der Waals surface area (Å²) in [6, 6.07) is 18.1. The van der Waals surface area contributed by atoms with E-state index in [9.17, 15) is 14.7 Å². The first-order valence-corrected chi connectivity index (χ1v) is 15.3. The summed E-state index contributed by atoms with van der Waals surface area (Å²) < 4.78 is 6.06. The van der Waals surface area contributed by atoms with Crippen LogP contribution < -0.4 is 0 Å². The first-order chi connectivity index (χ1) is 19.3. The summed E-state index contributed by atoms with van der Waals surface area (Å²) >= 11 is 0. The number of phenolic OH excluding ortho intramolecular Hbond substituents is 1. The number of ether oxygens (including phenoxy) is 1. The maximum absolute atomic E-state index is 13.4. The topological polar surface area (TPSA) is 70.1 Å². The third kappa shape index (κ3) is 6.88. The molecule has 2 saturated carbocycles. The van der Waals surface area contributed by atoms with E-state index in [1.165, 1.54) is 25.3 Å². The highest BCUT2D eigenvalue weighted by Crippen LogP contribution is 2.52. The average Bonchev–Trinajstić information content (AvgIpc) is 3.77. The Morgan fingerprint density at radius 2 is 1.88 bits per heavy atom. The quantitative estimate of drug-likeness (QED) is 0.289. The number of amides is 1. The number of aromatic hydroxyl groups is 1. The summed E-state index contributed by atoms with van der Waals surface area (Å²) in [5.41, 5.74) is 2.19. The number of aryl methyl sites for hydroxylation is 1. The van der Waals surface area contributed by atoms with Crippen molar-refractivity contribution in [3.63, 3.8) is 0 Å².